The predicted octanol–water partition coefficient (Wildman–Crippen LogP) is 5.97. The van der Waals surface area contributed by atoms with Crippen LogP contribution in [0.2, 0.25) is 5.15 Å². The number of aryl methyl sites for hydroxylation is 1. The van der Waals surface area contributed by atoms with Gasteiger partial charge in [0.15, 0.2) is 0 Å². The van der Waals surface area contributed by atoms with E-state index < -0.39 is 0 Å². The first-order valence-electron chi connectivity index (χ1n) is 7.78. The average Bonchev–Trinajstić information content (AvgIpc) is 2.79. The normalized spacial score (nSPS) is 23.7. The quantitative estimate of drug-likeness (QED) is 0.604. The van der Waals surface area contributed by atoms with Crippen molar-refractivity contribution in [2.24, 2.45) is 11.3 Å². The Morgan fingerprint density at radius 3 is 2.43 bits per heavy atom. The Morgan fingerprint density at radius 1 is 1.14 bits per heavy atom. The zero-order valence-corrected chi connectivity index (χ0v) is 14.8. The number of fused-ring (bicyclic) bond motifs is 1. The molecule has 1 saturated carbocycles. The van der Waals surface area contributed by atoms with E-state index in [2.05, 4.69) is 38.7 Å². The van der Waals surface area contributed by atoms with Crippen LogP contribution in [0.1, 0.15) is 63.1 Å². The van der Waals surface area contributed by atoms with Gasteiger partial charge in [0.25, 0.3) is 0 Å². The molecule has 21 heavy (non-hydrogen) atoms. The highest BCUT2D eigenvalue weighted by Crippen LogP contribution is 2.43. The lowest BCUT2D eigenvalue weighted by Crippen LogP contribution is -2.25. The maximum atomic E-state index is 6.35. The molecular weight excluding hydrogens is 300 g/mol. The molecule has 2 aromatic heterocycles. The largest absolute Gasteiger partial charge is 0.222 e. The molecule has 2 aromatic rings. The first kappa shape index (κ1) is 15.2. The molecule has 1 aliphatic rings. The van der Waals surface area contributed by atoms with Gasteiger partial charge in [0.1, 0.15) is 15.8 Å². The summed E-state index contributed by atoms with van der Waals surface area (Å²) in [5, 5.41) is 1.63. The van der Waals surface area contributed by atoms with Crippen molar-refractivity contribution in [3.63, 3.8) is 0 Å². The Bertz CT molecular complexity index is 649. The van der Waals surface area contributed by atoms with Gasteiger partial charge in [0, 0.05) is 16.2 Å². The monoisotopic (exact) mass is 322 g/mol. The first-order chi connectivity index (χ1) is 9.84. The summed E-state index contributed by atoms with van der Waals surface area (Å²) in [4.78, 5) is 11.7. The molecule has 0 aliphatic heterocycles. The van der Waals surface area contributed by atoms with Gasteiger partial charge < -0.3 is 0 Å². The summed E-state index contributed by atoms with van der Waals surface area (Å²) in [5.41, 5.74) is 0.415. The van der Waals surface area contributed by atoms with E-state index in [9.17, 15) is 0 Å². The lowest BCUT2D eigenvalue weighted by atomic mass is 9.70. The number of hydrogen-bond acceptors (Lipinski definition) is 3. The fraction of sp³-hybridized carbons (Fsp3) is 0.647. The van der Waals surface area contributed by atoms with E-state index in [4.69, 9.17) is 16.6 Å². The zero-order valence-electron chi connectivity index (χ0n) is 13.2. The minimum Gasteiger partial charge on any atom is -0.222 e. The van der Waals surface area contributed by atoms with Crippen molar-refractivity contribution in [3.8, 4) is 0 Å². The van der Waals surface area contributed by atoms with E-state index in [0.717, 1.165) is 22.0 Å². The van der Waals surface area contributed by atoms with Crippen LogP contribution in [0.5, 0.6) is 0 Å². The fourth-order valence-electron chi connectivity index (χ4n) is 3.42. The first-order valence-corrected chi connectivity index (χ1v) is 8.97. The fourth-order valence-corrected chi connectivity index (χ4v) is 4.60. The van der Waals surface area contributed by atoms with Crippen LogP contribution in [0, 0.1) is 18.3 Å². The van der Waals surface area contributed by atoms with Crippen LogP contribution in [-0.2, 0) is 0 Å². The maximum Gasteiger partial charge on any atom is 0.141 e. The molecule has 0 saturated heterocycles. The van der Waals surface area contributed by atoms with Crippen LogP contribution in [0.4, 0.5) is 0 Å². The van der Waals surface area contributed by atoms with Gasteiger partial charge in [-0.1, -0.05) is 32.4 Å². The summed E-state index contributed by atoms with van der Waals surface area (Å²) < 4.78 is 0. The Labute approximate surface area is 136 Å². The summed E-state index contributed by atoms with van der Waals surface area (Å²) >= 11 is 8.07. The van der Waals surface area contributed by atoms with Gasteiger partial charge in [-0.25, -0.2) is 9.97 Å². The lowest BCUT2D eigenvalue weighted by Gasteiger charge is -2.36. The van der Waals surface area contributed by atoms with Crippen molar-refractivity contribution in [3.05, 3.63) is 21.9 Å². The van der Waals surface area contributed by atoms with Crippen molar-refractivity contribution in [2.45, 2.75) is 59.3 Å². The van der Waals surface area contributed by atoms with Gasteiger partial charge in [0.2, 0.25) is 0 Å². The molecule has 0 spiro atoms. The van der Waals surface area contributed by atoms with Crippen LogP contribution >= 0.6 is 22.9 Å². The second-order valence-corrected chi connectivity index (χ2v) is 8.96. The predicted molar refractivity (Wildman–Crippen MR) is 91.3 cm³/mol. The Balaban J connectivity index is 1.82. The molecule has 0 unspecified atom stereocenters. The van der Waals surface area contributed by atoms with Crippen molar-refractivity contribution >= 4 is 33.2 Å². The molecule has 3 rings (SSSR count). The Kier molecular flexibility index (Phi) is 4.00. The number of halogens is 1. The summed E-state index contributed by atoms with van der Waals surface area (Å²) in [6.07, 6.45) is 4.93. The van der Waals surface area contributed by atoms with Gasteiger partial charge in [-0.15, -0.1) is 11.3 Å². The molecule has 0 radical (unpaired) electrons. The van der Waals surface area contributed by atoms with Crippen LogP contribution in [0.3, 0.4) is 0 Å². The number of thiophene rings is 1. The van der Waals surface area contributed by atoms with Crippen molar-refractivity contribution in [2.75, 3.05) is 0 Å². The third-order valence-corrected chi connectivity index (χ3v) is 6.04. The van der Waals surface area contributed by atoms with Crippen molar-refractivity contribution < 1.29 is 0 Å². The topological polar surface area (TPSA) is 25.8 Å². The molecule has 0 aromatic carbocycles. The lowest BCUT2D eigenvalue weighted by molar-refractivity contribution is 0.167. The van der Waals surface area contributed by atoms with Gasteiger partial charge in [-0.3, -0.25) is 0 Å². The molecule has 0 bridgehead atoms. The Hall–Kier alpha value is -0.670. The van der Waals surface area contributed by atoms with Crippen LogP contribution < -0.4 is 0 Å². The maximum absolute atomic E-state index is 6.35. The van der Waals surface area contributed by atoms with Crippen molar-refractivity contribution in [1.29, 1.82) is 0 Å². The molecule has 1 aliphatic carbocycles. The molecule has 0 N–H and O–H groups in total. The molecule has 4 heteroatoms. The number of nitrogens with zero attached hydrogens (tertiary/aromatic N) is 2. The minimum atomic E-state index is 0.415. The molecular formula is C17H23ClN2S. The minimum absolute atomic E-state index is 0.415. The number of aromatic nitrogens is 2. The SMILES string of the molecule is Cc1cc2c(Cl)nc(C3CCC(C(C)(C)C)CC3)nc2s1. The molecule has 0 amide bonds. The van der Waals surface area contributed by atoms with E-state index in [-0.39, 0.29) is 0 Å². The van der Waals surface area contributed by atoms with Gasteiger partial charge >= 0.3 is 0 Å². The van der Waals surface area contributed by atoms with E-state index in [0.29, 0.717) is 16.5 Å². The number of rotatable bonds is 1. The summed E-state index contributed by atoms with van der Waals surface area (Å²) in [7, 11) is 0. The van der Waals surface area contributed by atoms with Crippen molar-refractivity contribution in [1.82, 2.24) is 9.97 Å². The third kappa shape index (κ3) is 3.09. The second kappa shape index (κ2) is 5.51. The van der Waals surface area contributed by atoms with E-state index in [1.165, 1.54) is 30.6 Å². The van der Waals surface area contributed by atoms with Crippen LogP contribution in [0.25, 0.3) is 10.2 Å². The highest BCUT2D eigenvalue weighted by molar-refractivity contribution is 7.18. The third-order valence-electron chi connectivity index (χ3n) is 4.80. The standard InChI is InChI=1S/C17H23ClN2S/c1-10-9-13-14(18)19-15(20-16(13)21-10)11-5-7-12(8-6-11)17(2,3)4/h9,11-12H,5-8H2,1-4H3. The zero-order chi connectivity index (χ0) is 15.2. The van der Waals surface area contributed by atoms with E-state index >= 15 is 0 Å². The highest BCUT2D eigenvalue weighted by atomic mass is 35.5. The molecule has 1 fully saturated rings. The van der Waals surface area contributed by atoms with Gasteiger partial charge in [0.05, 0.1) is 0 Å². The van der Waals surface area contributed by atoms with Gasteiger partial charge in [-0.2, -0.15) is 0 Å². The van der Waals surface area contributed by atoms with Crippen LogP contribution in [-0.4, -0.2) is 9.97 Å². The number of hydrogen-bond donors (Lipinski definition) is 0. The summed E-state index contributed by atoms with van der Waals surface area (Å²) in [5.74, 6) is 2.26. The average molecular weight is 323 g/mol. The van der Waals surface area contributed by atoms with E-state index in [1.807, 2.05) is 0 Å². The summed E-state index contributed by atoms with van der Waals surface area (Å²) in [6.45, 7) is 9.15. The molecule has 2 nitrogen and oxygen atoms in total. The molecule has 114 valence electrons. The van der Waals surface area contributed by atoms with Crippen LogP contribution in [0.15, 0.2) is 6.07 Å². The highest BCUT2D eigenvalue weighted by Gasteiger charge is 2.31. The van der Waals surface area contributed by atoms with Gasteiger partial charge in [-0.05, 0) is 50.0 Å². The second-order valence-electron chi connectivity index (χ2n) is 7.36. The van der Waals surface area contributed by atoms with E-state index in [1.54, 1.807) is 11.3 Å². The molecule has 0 atom stereocenters. The summed E-state index contributed by atoms with van der Waals surface area (Å²) in [6, 6.07) is 2.09. The molecule has 2 heterocycles. The Morgan fingerprint density at radius 2 is 1.81 bits per heavy atom. The smallest absolute Gasteiger partial charge is 0.141 e.